The number of nitrogens with zero attached hydrogens (tertiary/aromatic N) is 1. The van der Waals surface area contributed by atoms with Crippen LogP contribution < -0.4 is 10.6 Å². The summed E-state index contributed by atoms with van der Waals surface area (Å²) < 4.78 is 5.28. The van der Waals surface area contributed by atoms with Gasteiger partial charge in [0.15, 0.2) is 0 Å². The van der Waals surface area contributed by atoms with Gasteiger partial charge in [0.25, 0.3) is 0 Å². The SMILES string of the molecule is CC(C)C.Nc1ccc(N2CCOCC2)cc1. The molecule has 0 aromatic heterocycles. The van der Waals surface area contributed by atoms with Crippen LogP contribution in [0, 0.1) is 5.92 Å². The first-order valence-electron chi connectivity index (χ1n) is 6.28. The first kappa shape index (κ1) is 13.8. The van der Waals surface area contributed by atoms with Crippen molar-refractivity contribution in [3.8, 4) is 0 Å². The van der Waals surface area contributed by atoms with Crippen molar-refractivity contribution in [2.75, 3.05) is 36.9 Å². The summed E-state index contributed by atoms with van der Waals surface area (Å²) in [6.07, 6.45) is 0. The first-order chi connectivity index (χ1) is 8.09. The molecule has 1 saturated heterocycles. The molecule has 0 radical (unpaired) electrons. The molecule has 2 N–H and O–H groups in total. The van der Waals surface area contributed by atoms with Gasteiger partial charge in [-0.2, -0.15) is 0 Å². The predicted molar refractivity (Wildman–Crippen MR) is 74.4 cm³/mol. The summed E-state index contributed by atoms with van der Waals surface area (Å²) in [7, 11) is 0. The van der Waals surface area contributed by atoms with Gasteiger partial charge in [0.05, 0.1) is 13.2 Å². The number of morpholine rings is 1. The van der Waals surface area contributed by atoms with Gasteiger partial charge >= 0.3 is 0 Å². The standard InChI is InChI=1S/C10H14N2O.C4H10/c11-9-1-3-10(4-2-9)12-5-7-13-8-6-12;1-4(2)3/h1-4H,5-8,11H2;4H,1-3H3. The third kappa shape index (κ3) is 5.59. The maximum atomic E-state index is 5.61. The van der Waals surface area contributed by atoms with Crippen LogP contribution in [0.4, 0.5) is 11.4 Å². The summed E-state index contributed by atoms with van der Waals surface area (Å²) in [5, 5.41) is 0. The van der Waals surface area contributed by atoms with Crippen molar-refractivity contribution in [1.82, 2.24) is 0 Å². The zero-order valence-corrected chi connectivity index (χ0v) is 11.1. The number of nitrogen functional groups attached to an aromatic ring is 1. The number of anilines is 2. The molecule has 1 heterocycles. The third-order valence-corrected chi connectivity index (χ3v) is 2.27. The summed E-state index contributed by atoms with van der Waals surface area (Å²) in [5.74, 6) is 0.833. The molecule has 1 aliphatic heterocycles. The Bertz CT molecular complexity index is 300. The second-order valence-electron chi connectivity index (χ2n) is 4.92. The van der Waals surface area contributed by atoms with Gasteiger partial charge in [-0.15, -0.1) is 0 Å². The van der Waals surface area contributed by atoms with Crippen LogP contribution in [0.3, 0.4) is 0 Å². The fraction of sp³-hybridized carbons (Fsp3) is 0.571. The summed E-state index contributed by atoms with van der Waals surface area (Å²) >= 11 is 0. The number of rotatable bonds is 1. The fourth-order valence-electron chi connectivity index (χ4n) is 1.51. The molecule has 1 aliphatic rings. The van der Waals surface area contributed by atoms with Gasteiger partial charge in [0, 0.05) is 24.5 Å². The molecule has 1 aromatic rings. The van der Waals surface area contributed by atoms with E-state index in [-0.39, 0.29) is 0 Å². The Balaban J connectivity index is 0.000000317. The van der Waals surface area contributed by atoms with Crippen molar-refractivity contribution in [3.63, 3.8) is 0 Å². The zero-order valence-electron chi connectivity index (χ0n) is 11.1. The van der Waals surface area contributed by atoms with Crippen LogP contribution in [0.2, 0.25) is 0 Å². The summed E-state index contributed by atoms with van der Waals surface area (Å²) in [6.45, 7) is 10.1. The third-order valence-electron chi connectivity index (χ3n) is 2.27. The quantitative estimate of drug-likeness (QED) is 0.762. The summed E-state index contributed by atoms with van der Waals surface area (Å²) in [4.78, 5) is 2.31. The number of benzene rings is 1. The Morgan fingerprint density at radius 2 is 1.53 bits per heavy atom. The molecule has 0 amide bonds. The van der Waals surface area contributed by atoms with Crippen LogP contribution in [0.15, 0.2) is 24.3 Å². The molecule has 17 heavy (non-hydrogen) atoms. The van der Waals surface area contributed by atoms with Crippen molar-refractivity contribution in [3.05, 3.63) is 24.3 Å². The average Bonchev–Trinajstić information content (AvgIpc) is 2.30. The molecule has 0 aliphatic carbocycles. The van der Waals surface area contributed by atoms with E-state index in [1.165, 1.54) is 5.69 Å². The van der Waals surface area contributed by atoms with E-state index >= 15 is 0 Å². The van der Waals surface area contributed by atoms with Crippen LogP contribution in [0.1, 0.15) is 20.8 Å². The maximum Gasteiger partial charge on any atom is 0.0642 e. The minimum absolute atomic E-state index is 0.817. The molecular formula is C14H24N2O. The molecule has 3 nitrogen and oxygen atoms in total. The number of hydrogen-bond donors (Lipinski definition) is 1. The molecule has 1 fully saturated rings. The van der Waals surface area contributed by atoms with Crippen molar-refractivity contribution >= 4 is 11.4 Å². The molecular weight excluding hydrogens is 212 g/mol. The molecule has 0 atom stereocenters. The Hall–Kier alpha value is -1.22. The van der Waals surface area contributed by atoms with Gasteiger partial charge in [0.2, 0.25) is 0 Å². The summed E-state index contributed by atoms with van der Waals surface area (Å²) in [5.41, 5.74) is 7.66. The van der Waals surface area contributed by atoms with Gasteiger partial charge in [-0.3, -0.25) is 0 Å². The van der Waals surface area contributed by atoms with Gasteiger partial charge in [-0.1, -0.05) is 20.8 Å². The van der Waals surface area contributed by atoms with Crippen molar-refractivity contribution in [2.45, 2.75) is 20.8 Å². The number of nitrogens with two attached hydrogens (primary N) is 1. The number of ether oxygens (including phenoxy) is 1. The number of hydrogen-bond acceptors (Lipinski definition) is 3. The van der Waals surface area contributed by atoms with E-state index in [0.29, 0.717) is 0 Å². The highest BCUT2D eigenvalue weighted by Crippen LogP contribution is 2.16. The zero-order chi connectivity index (χ0) is 12.7. The second kappa shape index (κ2) is 7.17. The van der Waals surface area contributed by atoms with E-state index < -0.39 is 0 Å². The van der Waals surface area contributed by atoms with Crippen molar-refractivity contribution in [2.24, 2.45) is 5.92 Å². The highest BCUT2D eigenvalue weighted by Gasteiger charge is 2.09. The molecule has 0 spiro atoms. The van der Waals surface area contributed by atoms with E-state index in [2.05, 4.69) is 37.8 Å². The van der Waals surface area contributed by atoms with Crippen LogP contribution in [0.25, 0.3) is 0 Å². The van der Waals surface area contributed by atoms with Crippen LogP contribution in [0.5, 0.6) is 0 Å². The van der Waals surface area contributed by atoms with E-state index in [0.717, 1.165) is 37.9 Å². The minimum atomic E-state index is 0.817. The van der Waals surface area contributed by atoms with E-state index in [9.17, 15) is 0 Å². The maximum absolute atomic E-state index is 5.61. The van der Waals surface area contributed by atoms with Gasteiger partial charge in [0.1, 0.15) is 0 Å². The lowest BCUT2D eigenvalue weighted by molar-refractivity contribution is 0.122. The fourth-order valence-corrected chi connectivity index (χ4v) is 1.51. The Labute approximate surface area is 105 Å². The largest absolute Gasteiger partial charge is 0.399 e. The second-order valence-corrected chi connectivity index (χ2v) is 4.92. The van der Waals surface area contributed by atoms with Crippen LogP contribution in [-0.2, 0) is 4.74 Å². The summed E-state index contributed by atoms with van der Waals surface area (Å²) in [6, 6.07) is 7.98. The molecule has 3 heteroatoms. The first-order valence-corrected chi connectivity index (χ1v) is 6.28. The molecule has 1 aromatic carbocycles. The van der Waals surface area contributed by atoms with Crippen molar-refractivity contribution in [1.29, 1.82) is 0 Å². The van der Waals surface area contributed by atoms with Crippen LogP contribution in [-0.4, -0.2) is 26.3 Å². The molecule has 96 valence electrons. The lowest BCUT2D eigenvalue weighted by Crippen LogP contribution is -2.36. The highest BCUT2D eigenvalue weighted by molar-refractivity contribution is 5.53. The normalized spacial score (nSPS) is 15.4. The Morgan fingerprint density at radius 3 is 2.00 bits per heavy atom. The Morgan fingerprint density at radius 1 is 1.06 bits per heavy atom. The van der Waals surface area contributed by atoms with Gasteiger partial charge in [-0.25, -0.2) is 0 Å². The lowest BCUT2D eigenvalue weighted by Gasteiger charge is -2.28. The van der Waals surface area contributed by atoms with E-state index in [4.69, 9.17) is 10.5 Å². The smallest absolute Gasteiger partial charge is 0.0642 e. The predicted octanol–water partition coefficient (Wildman–Crippen LogP) is 2.77. The lowest BCUT2D eigenvalue weighted by atomic mass is 10.2. The molecule has 0 unspecified atom stereocenters. The van der Waals surface area contributed by atoms with Gasteiger partial charge in [-0.05, 0) is 30.2 Å². The van der Waals surface area contributed by atoms with Gasteiger partial charge < -0.3 is 15.4 Å². The molecule has 0 saturated carbocycles. The molecule has 0 bridgehead atoms. The van der Waals surface area contributed by atoms with Crippen LogP contribution >= 0.6 is 0 Å². The average molecular weight is 236 g/mol. The highest BCUT2D eigenvalue weighted by atomic mass is 16.5. The molecule has 2 rings (SSSR count). The van der Waals surface area contributed by atoms with E-state index in [1.54, 1.807) is 0 Å². The topological polar surface area (TPSA) is 38.5 Å². The Kier molecular flexibility index (Phi) is 5.84. The monoisotopic (exact) mass is 236 g/mol. The minimum Gasteiger partial charge on any atom is -0.399 e. The van der Waals surface area contributed by atoms with E-state index in [1.807, 2.05) is 12.1 Å². The van der Waals surface area contributed by atoms with Crippen molar-refractivity contribution < 1.29 is 4.74 Å².